The fraction of sp³-hybridized carbons (Fsp3) is 0.130. The summed E-state index contributed by atoms with van der Waals surface area (Å²) in [5, 5.41) is 4.01. The molecule has 3 aromatic carbocycles. The Kier molecular flexibility index (Phi) is 7.27. The quantitative estimate of drug-likeness (QED) is 0.440. The van der Waals surface area contributed by atoms with Crippen LogP contribution in [0.1, 0.15) is 27.0 Å². The second kappa shape index (κ2) is 10.3. The van der Waals surface area contributed by atoms with Crippen LogP contribution in [-0.2, 0) is 11.5 Å². The number of rotatable bonds is 8. The third-order valence-electron chi connectivity index (χ3n) is 4.07. The van der Waals surface area contributed by atoms with Crippen molar-refractivity contribution in [1.29, 1.82) is 0 Å². The van der Waals surface area contributed by atoms with Crippen molar-refractivity contribution in [2.45, 2.75) is 11.5 Å². The molecule has 0 saturated carbocycles. The van der Waals surface area contributed by atoms with Crippen molar-refractivity contribution < 1.29 is 9.53 Å². The Morgan fingerprint density at radius 1 is 0.964 bits per heavy atom. The van der Waals surface area contributed by atoms with E-state index in [0.29, 0.717) is 5.56 Å². The highest BCUT2D eigenvalue weighted by atomic mass is 32.2. The molecule has 142 valence electrons. The van der Waals surface area contributed by atoms with Crippen molar-refractivity contribution in [3.05, 3.63) is 101 Å². The zero-order chi connectivity index (χ0) is 19.6. The summed E-state index contributed by atoms with van der Waals surface area (Å²) in [4.78, 5) is 12.2. The average Bonchev–Trinajstić information content (AvgIpc) is 2.75. The molecule has 0 aliphatic rings. The molecule has 0 spiro atoms. The number of hydrazone groups is 1. The van der Waals surface area contributed by atoms with E-state index in [2.05, 4.69) is 34.8 Å². The Balaban J connectivity index is 1.48. The van der Waals surface area contributed by atoms with Gasteiger partial charge in [-0.2, -0.15) is 16.9 Å². The first-order chi connectivity index (χ1) is 13.7. The minimum Gasteiger partial charge on any atom is -0.497 e. The van der Waals surface area contributed by atoms with Gasteiger partial charge in [-0.3, -0.25) is 4.79 Å². The zero-order valence-corrected chi connectivity index (χ0v) is 16.5. The van der Waals surface area contributed by atoms with Crippen molar-refractivity contribution in [2.24, 2.45) is 5.10 Å². The number of ether oxygens (including phenoxy) is 1. The monoisotopic (exact) mass is 390 g/mol. The van der Waals surface area contributed by atoms with Crippen LogP contribution in [0.5, 0.6) is 5.75 Å². The molecule has 0 aliphatic heterocycles. The van der Waals surface area contributed by atoms with E-state index in [0.717, 1.165) is 22.8 Å². The molecule has 0 unspecified atom stereocenters. The van der Waals surface area contributed by atoms with Crippen LogP contribution in [-0.4, -0.2) is 19.2 Å². The summed E-state index contributed by atoms with van der Waals surface area (Å²) in [6.45, 7) is 0. The predicted molar refractivity (Wildman–Crippen MR) is 116 cm³/mol. The third kappa shape index (κ3) is 5.99. The van der Waals surface area contributed by atoms with Gasteiger partial charge in [0.1, 0.15) is 5.75 Å². The first kappa shape index (κ1) is 19.7. The van der Waals surface area contributed by atoms with Crippen molar-refractivity contribution >= 4 is 23.9 Å². The number of carbonyl (C=O) groups excluding carboxylic acids is 1. The molecule has 0 aliphatic carbocycles. The van der Waals surface area contributed by atoms with Crippen LogP contribution in [0.3, 0.4) is 0 Å². The molecule has 4 nitrogen and oxygen atoms in total. The Morgan fingerprint density at radius 3 is 2.39 bits per heavy atom. The van der Waals surface area contributed by atoms with Crippen LogP contribution in [0.2, 0.25) is 0 Å². The van der Waals surface area contributed by atoms with Crippen molar-refractivity contribution in [2.75, 3.05) is 7.11 Å². The average molecular weight is 391 g/mol. The van der Waals surface area contributed by atoms with Crippen molar-refractivity contribution in [3.63, 3.8) is 0 Å². The van der Waals surface area contributed by atoms with Crippen molar-refractivity contribution in [3.8, 4) is 5.75 Å². The van der Waals surface area contributed by atoms with Crippen LogP contribution in [0.4, 0.5) is 0 Å². The smallest absolute Gasteiger partial charge is 0.271 e. The molecule has 0 saturated heterocycles. The minimum atomic E-state index is -0.234. The molecule has 0 bridgehead atoms. The van der Waals surface area contributed by atoms with E-state index in [1.807, 2.05) is 66.4 Å². The molecule has 3 rings (SSSR count). The number of nitrogens with one attached hydrogen (secondary N) is 1. The predicted octanol–water partition coefficient (Wildman–Crippen LogP) is 4.89. The van der Waals surface area contributed by atoms with Crippen LogP contribution in [0.25, 0.3) is 0 Å². The summed E-state index contributed by atoms with van der Waals surface area (Å²) in [5.74, 6) is 2.39. The summed E-state index contributed by atoms with van der Waals surface area (Å²) < 4.78 is 5.17. The molecule has 28 heavy (non-hydrogen) atoms. The standard InChI is InChI=1S/C23H22N2O2S/c1-27-22-9-5-8-20(14-22)15-24-25-23(26)21-12-10-19(11-13-21)17-28-16-18-6-3-2-4-7-18/h2-15H,16-17H2,1H3,(H,25,26)/b24-15-. The fourth-order valence-electron chi connectivity index (χ4n) is 2.57. The van der Waals surface area contributed by atoms with Gasteiger partial charge in [-0.1, -0.05) is 54.6 Å². The van der Waals surface area contributed by atoms with E-state index in [1.54, 1.807) is 13.3 Å². The van der Waals surface area contributed by atoms with Gasteiger partial charge in [0.15, 0.2) is 0 Å². The van der Waals surface area contributed by atoms with Gasteiger partial charge in [-0.15, -0.1) is 0 Å². The molecule has 0 radical (unpaired) electrons. The summed E-state index contributed by atoms with van der Waals surface area (Å²) >= 11 is 1.85. The molecule has 0 fully saturated rings. The van der Waals surface area contributed by atoms with Gasteiger partial charge < -0.3 is 4.74 Å². The number of benzene rings is 3. The van der Waals surface area contributed by atoms with Crippen LogP contribution >= 0.6 is 11.8 Å². The highest BCUT2D eigenvalue weighted by Gasteiger charge is 2.04. The van der Waals surface area contributed by atoms with E-state index >= 15 is 0 Å². The highest BCUT2D eigenvalue weighted by molar-refractivity contribution is 7.97. The van der Waals surface area contributed by atoms with Crippen molar-refractivity contribution in [1.82, 2.24) is 5.43 Å². The molecule has 1 N–H and O–H groups in total. The van der Waals surface area contributed by atoms with Crippen LogP contribution < -0.4 is 10.2 Å². The normalized spacial score (nSPS) is 10.8. The highest BCUT2D eigenvalue weighted by Crippen LogP contribution is 2.18. The molecule has 0 aromatic heterocycles. The number of hydrogen-bond acceptors (Lipinski definition) is 4. The molecule has 1 amide bonds. The van der Waals surface area contributed by atoms with E-state index < -0.39 is 0 Å². The lowest BCUT2D eigenvalue weighted by Gasteiger charge is -2.04. The first-order valence-electron chi connectivity index (χ1n) is 8.92. The molecular weight excluding hydrogens is 368 g/mol. The number of thioether (sulfide) groups is 1. The zero-order valence-electron chi connectivity index (χ0n) is 15.7. The van der Waals surface area contributed by atoms with E-state index in [9.17, 15) is 4.79 Å². The van der Waals surface area contributed by atoms with Gasteiger partial charge in [-0.05, 0) is 41.0 Å². The van der Waals surface area contributed by atoms with Gasteiger partial charge in [-0.25, -0.2) is 5.43 Å². The number of hydrogen-bond donors (Lipinski definition) is 1. The molecule has 3 aromatic rings. The summed E-state index contributed by atoms with van der Waals surface area (Å²) in [5.41, 5.74) is 6.50. The van der Waals surface area contributed by atoms with Gasteiger partial charge >= 0.3 is 0 Å². The maximum absolute atomic E-state index is 12.2. The Hall–Kier alpha value is -3.05. The van der Waals surface area contributed by atoms with Crippen LogP contribution in [0.15, 0.2) is 84.0 Å². The Morgan fingerprint density at radius 2 is 1.68 bits per heavy atom. The maximum Gasteiger partial charge on any atom is 0.271 e. The summed E-state index contributed by atoms with van der Waals surface area (Å²) in [7, 11) is 1.61. The van der Waals surface area contributed by atoms with E-state index in [-0.39, 0.29) is 5.91 Å². The van der Waals surface area contributed by atoms with Gasteiger partial charge in [0.2, 0.25) is 0 Å². The molecule has 0 heterocycles. The molecule has 0 atom stereocenters. The van der Waals surface area contributed by atoms with Gasteiger partial charge in [0.05, 0.1) is 13.3 Å². The fourth-order valence-corrected chi connectivity index (χ4v) is 3.52. The minimum absolute atomic E-state index is 0.234. The lowest BCUT2D eigenvalue weighted by Crippen LogP contribution is -2.17. The number of nitrogens with zero attached hydrogens (tertiary/aromatic N) is 1. The first-order valence-corrected chi connectivity index (χ1v) is 10.1. The second-order valence-electron chi connectivity index (χ2n) is 6.15. The summed E-state index contributed by atoms with van der Waals surface area (Å²) in [6.07, 6.45) is 1.59. The van der Waals surface area contributed by atoms with Gasteiger partial charge in [0.25, 0.3) is 5.91 Å². The van der Waals surface area contributed by atoms with E-state index in [4.69, 9.17) is 4.74 Å². The number of amides is 1. The van der Waals surface area contributed by atoms with Crippen LogP contribution in [0, 0.1) is 0 Å². The summed E-state index contributed by atoms with van der Waals surface area (Å²) in [6, 6.07) is 25.5. The Labute approximate surface area is 169 Å². The molecular formula is C23H22N2O2S. The number of methoxy groups -OCH3 is 1. The molecule has 5 heteroatoms. The second-order valence-corrected chi connectivity index (χ2v) is 7.14. The SMILES string of the molecule is COc1cccc(/C=N\NC(=O)c2ccc(CSCc3ccccc3)cc2)c1. The van der Waals surface area contributed by atoms with Gasteiger partial charge in [0, 0.05) is 17.1 Å². The van der Waals surface area contributed by atoms with E-state index in [1.165, 1.54) is 11.1 Å². The lowest BCUT2D eigenvalue weighted by atomic mass is 10.1. The number of carbonyl (C=O) groups is 1. The third-order valence-corrected chi connectivity index (χ3v) is 5.14. The largest absolute Gasteiger partial charge is 0.497 e. The lowest BCUT2D eigenvalue weighted by molar-refractivity contribution is 0.0955. The Bertz CT molecular complexity index is 925. The maximum atomic E-state index is 12.2. The topological polar surface area (TPSA) is 50.7 Å².